The van der Waals surface area contributed by atoms with E-state index in [0.717, 1.165) is 10.2 Å². The topological polar surface area (TPSA) is 76.1 Å². The number of nitrogens with zero attached hydrogens (tertiary/aromatic N) is 2. The van der Waals surface area contributed by atoms with Crippen molar-refractivity contribution in [2.24, 2.45) is 0 Å². The van der Waals surface area contributed by atoms with Gasteiger partial charge in [-0.3, -0.25) is 10.3 Å². The molecule has 0 radical (unpaired) electrons. The van der Waals surface area contributed by atoms with Gasteiger partial charge in [-0.1, -0.05) is 15.9 Å². The van der Waals surface area contributed by atoms with E-state index in [9.17, 15) is 4.79 Å². The fourth-order valence-electron chi connectivity index (χ4n) is 1.50. The molecule has 1 aromatic heterocycles. The van der Waals surface area contributed by atoms with Crippen molar-refractivity contribution in [3.05, 3.63) is 40.8 Å². The summed E-state index contributed by atoms with van der Waals surface area (Å²) >= 11 is 3.34. The van der Waals surface area contributed by atoms with Crippen LogP contribution in [0.25, 0.3) is 0 Å². The second kappa shape index (κ2) is 6.33. The van der Waals surface area contributed by atoms with Crippen LogP contribution in [-0.4, -0.2) is 23.1 Å². The Morgan fingerprint density at radius 3 is 2.70 bits per heavy atom. The van der Waals surface area contributed by atoms with Gasteiger partial charge in [0.1, 0.15) is 5.75 Å². The van der Waals surface area contributed by atoms with Gasteiger partial charge in [-0.2, -0.15) is 0 Å². The Labute approximate surface area is 124 Å². The Kier molecular flexibility index (Phi) is 4.52. The maximum Gasteiger partial charge on any atom is 0.325 e. The molecule has 0 bridgehead atoms. The predicted molar refractivity (Wildman–Crippen MR) is 80.1 cm³/mol. The molecular formula is C13H13BrN4O2. The molecule has 0 aliphatic heterocycles. The first-order chi connectivity index (χ1) is 9.58. The summed E-state index contributed by atoms with van der Waals surface area (Å²) in [5.74, 6) is 0.945. The maximum absolute atomic E-state index is 11.9. The standard InChI is InChI=1S/C13H13BrN4O2/c1-8-6-16-12(7-15-8)18-13(19)17-10-5-9(14)3-4-11(10)20-2/h3-7H,1-2H3,(H2,16,17,18,19). The zero-order chi connectivity index (χ0) is 14.5. The molecular weight excluding hydrogens is 324 g/mol. The Hall–Kier alpha value is -2.15. The van der Waals surface area contributed by atoms with Crippen molar-refractivity contribution in [3.8, 4) is 5.75 Å². The van der Waals surface area contributed by atoms with Crippen molar-refractivity contribution >= 4 is 33.5 Å². The summed E-state index contributed by atoms with van der Waals surface area (Å²) in [5, 5.41) is 5.29. The molecule has 104 valence electrons. The number of hydrogen-bond acceptors (Lipinski definition) is 4. The molecule has 20 heavy (non-hydrogen) atoms. The van der Waals surface area contributed by atoms with Gasteiger partial charge in [-0.05, 0) is 25.1 Å². The number of benzene rings is 1. The van der Waals surface area contributed by atoms with Crippen LogP contribution in [0.15, 0.2) is 35.1 Å². The van der Waals surface area contributed by atoms with Crippen LogP contribution < -0.4 is 15.4 Å². The number of hydrogen-bond donors (Lipinski definition) is 2. The van der Waals surface area contributed by atoms with Gasteiger partial charge in [-0.15, -0.1) is 0 Å². The van der Waals surface area contributed by atoms with Crippen LogP contribution in [0.3, 0.4) is 0 Å². The van der Waals surface area contributed by atoms with E-state index in [0.29, 0.717) is 17.3 Å². The number of ether oxygens (including phenoxy) is 1. The van der Waals surface area contributed by atoms with E-state index in [-0.39, 0.29) is 0 Å². The molecule has 0 saturated heterocycles. The minimum Gasteiger partial charge on any atom is -0.495 e. The quantitative estimate of drug-likeness (QED) is 0.902. The average molecular weight is 337 g/mol. The highest BCUT2D eigenvalue weighted by Gasteiger charge is 2.08. The van der Waals surface area contributed by atoms with Crippen molar-refractivity contribution in [1.82, 2.24) is 9.97 Å². The first-order valence-electron chi connectivity index (χ1n) is 5.78. The summed E-state index contributed by atoms with van der Waals surface area (Å²) in [6.07, 6.45) is 3.07. The van der Waals surface area contributed by atoms with Gasteiger partial charge in [0.2, 0.25) is 0 Å². The molecule has 0 unspecified atom stereocenters. The minimum absolute atomic E-state index is 0.377. The van der Waals surface area contributed by atoms with E-state index in [1.807, 2.05) is 13.0 Å². The van der Waals surface area contributed by atoms with Gasteiger partial charge in [0, 0.05) is 4.47 Å². The second-order valence-corrected chi connectivity index (χ2v) is 4.88. The highest BCUT2D eigenvalue weighted by atomic mass is 79.9. The zero-order valence-corrected chi connectivity index (χ0v) is 12.6. The monoisotopic (exact) mass is 336 g/mol. The van der Waals surface area contributed by atoms with Crippen LogP contribution in [0.4, 0.5) is 16.3 Å². The summed E-state index contributed by atoms with van der Waals surface area (Å²) in [6, 6.07) is 4.91. The molecule has 6 nitrogen and oxygen atoms in total. The van der Waals surface area contributed by atoms with E-state index >= 15 is 0 Å². The number of urea groups is 1. The van der Waals surface area contributed by atoms with Gasteiger partial charge in [0.05, 0.1) is 30.9 Å². The molecule has 2 N–H and O–H groups in total. The normalized spacial score (nSPS) is 9.95. The lowest BCUT2D eigenvalue weighted by Gasteiger charge is -2.11. The number of aromatic nitrogens is 2. The number of halogens is 1. The molecule has 0 saturated carbocycles. The number of amides is 2. The molecule has 0 aliphatic rings. The number of carbonyl (C=O) groups excluding carboxylic acids is 1. The van der Waals surface area contributed by atoms with E-state index < -0.39 is 6.03 Å². The fraction of sp³-hybridized carbons (Fsp3) is 0.154. The third-order valence-electron chi connectivity index (χ3n) is 2.43. The van der Waals surface area contributed by atoms with Crippen LogP contribution in [-0.2, 0) is 0 Å². The van der Waals surface area contributed by atoms with Crippen LogP contribution in [0.1, 0.15) is 5.69 Å². The van der Waals surface area contributed by atoms with Crippen molar-refractivity contribution in [1.29, 1.82) is 0 Å². The largest absolute Gasteiger partial charge is 0.495 e. The maximum atomic E-state index is 11.9. The van der Waals surface area contributed by atoms with Crippen LogP contribution in [0.5, 0.6) is 5.75 Å². The Balaban J connectivity index is 2.08. The Morgan fingerprint density at radius 1 is 1.25 bits per heavy atom. The third kappa shape index (κ3) is 3.67. The van der Waals surface area contributed by atoms with E-state index in [4.69, 9.17) is 4.74 Å². The molecule has 0 spiro atoms. The lowest BCUT2D eigenvalue weighted by atomic mass is 10.3. The molecule has 1 heterocycles. The molecule has 0 atom stereocenters. The number of anilines is 2. The highest BCUT2D eigenvalue weighted by molar-refractivity contribution is 9.10. The van der Waals surface area contributed by atoms with E-state index in [2.05, 4.69) is 36.5 Å². The zero-order valence-electron chi connectivity index (χ0n) is 11.0. The van der Waals surface area contributed by atoms with Crippen LogP contribution in [0.2, 0.25) is 0 Å². The number of methoxy groups -OCH3 is 1. The first kappa shape index (κ1) is 14.3. The van der Waals surface area contributed by atoms with Crippen molar-refractivity contribution in [2.45, 2.75) is 6.92 Å². The predicted octanol–water partition coefficient (Wildman–Crippen LogP) is 3.20. The summed E-state index contributed by atoms with van der Waals surface area (Å²) in [6.45, 7) is 1.82. The van der Waals surface area contributed by atoms with Gasteiger partial charge < -0.3 is 10.1 Å². The van der Waals surface area contributed by atoms with Crippen molar-refractivity contribution in [3.63, 3.8) is 0 Å². The fourth-order valence-corrected chi connectivity index (χ4v) is 1.87. The average Bonchev–Trinajstić information content (AvgIpc) is 2.41. The second-order valence-electron chi connectivity index (χ2n) is 3.97. The summed E-state index contributed by atoms with van der Waals surface area (Å²) in [4.78, 5) is 20.0. The number of carbonyl (C=O) groups is 1. The molecule has 1 aromatic carbocycles. The molecule has 2 aromatic rings. The van der Waals surface area contributed by atoms with Gasteiger partial charge in [0.15, 0.2) is 5.82 Å². The summed E-state index contributed by atoms with van der Waals surface area (Å²) in [5.41, 5.74) is 1.34. The molecule has 2 rings (SSSR count). The van der Waals surface area contributed by atoms with Crippen LogP contribution in [0, 0.1) is 6.92 Å². The lowest BCUT2D eigenvalue weighted by Crippen LogP contribution is -2.20. The van der Waals surface area contributed by atoms with Gasteiger partial charge in [0.25, 0.3) is 0 Å². The minimum atomic E-state index is -0.417. The van der Waals surface area contributed by atoms with Gasteiger partial charge >= 0.3 is 6.03 Å². The molecule has 7 heteroatoms. The number of aryl methyl sites for hydroxylation is 1. The molecule has 0 fully saturated rings. The van der Waals surface area contributed by atoms with Crippen LogP contribution >= 0.6 is 15.9 Å². The van der Waals surface area contributed by atoms with Crippen molar-refractivity contribution < 1.29 is 9.53 Å². The molecule has 0 aliphatic carbocycles. The summed E-state index contributed by atoms with van der Waals surface area (Å²) < 4.78 is 6.01. The van der Waals surface area contributed by atoms with E-state index in [1.54, 1.807) is 18.3 Å². The first-order valence-corrected chi connectivity index (χ1v) is 6.58. The Bertz CT molecular complexity index is 616. The summed E-state index contributed by atoms with van der Waals surface area (Å²) in [7, 11) is 1.54. The van der Waals surface area contributed by atoms with Gasteiger partial charge in [-0.25, -0.2) is 9.78 Å². The third-order valence-corrected chi connectivity index (χ3v) is 2.93. The lowest BCUT2D eigenvalue weighted by molar-refractivity contribution is 0.262. The number of rotatable bonds is 3. The Morgan fingerprint density at radius 2 is 2.05 bits per heavy atom. The SMILES string of the molecule is COc1ccc(Br)cc1NC(=O)Nc1cnc(C)cn1. The smallest absolute Gasteiger partial charge is 0.325 e. The van der Waals surface area contributed by atoms with Crippen molar-refractivity contribution in [2.75, 3.05) is 17.7 Å². The number of nitrogens with one attached hydrogen (secondary N) is 2. The molecule has 2 amide bonds. The highest BCUT2D eigenvalue weighted by Crippen LogP contribution is 2.27. The van der Waals surface area contributed by atoms with E-state index in [1.165, 1.54) is 13.3 Å².